The Morgan fingerprint density at radius 3 is 2.76 bits per heavy atom. The van der Waals surface area contributed by atoms with Gasteiger partial charge >= 0.3 is 0 Å². The Morgan fingerprint density at radius 1 is 1.29 bits per heavy atom. The van der Waals surface area contributed by atoms with Crippen LogP contribution >= 0.6 is 0 Å². The molecule has 0 aliphatic carbocycles. The fourth-order valence-electron chi connectivity index (χ4n) is 2.75. The first-order valence-corrected chi connectivity index (χ1v) is 6.71. The molecule has 1 saturated heterocycles. The van der Waals surface area contributed by atoms with Gasteiger partial charge in [0.15, 0.2) is 0 Å². The normalized spacial score (nSPS) is 22.9. The second-order valence-electron chi connectivity index (χ2n) is 5.20. The molecular formula is C15H24N2. The molecule has 1 aromatic rings. The maximum absolute atomic E-state index is 2.58. The maximum Gasteiger partial charge on any atom is 0.0235 e. The zero-order valence-electron chi connectivity index (χ0n) is 11.3. The number of hydrogen-bond donors (Lipinski definition) is 0. The highest BCUT2D eigenvalue weighted by atomic mass is 15.3. The average molecular weight is 232 g/mol. The van der Waals surface area contributed by atoms with Gasteiger partial charge in [-0.15, -0.1) is 0 Å². The van der Waals surface area contributed by atoms with E-state index in [4.69, 9.17) is 0 Å². The standard InChI is InChI=1S/C15H24N2/c1-4-17-9-8-16(11-14(17)3)12-15-7-5-6-13(2)10-15/h5-7,10,14H,4,8-9,11-12H2,1-3H3. The highest BCUT2D eigenvalue weighted by molar-refractivity contribution is 5.22. The maximum atomic E-state index is 2.58. The topological polar surface area (TPSA) is 6.48 Å². The summed E-state index contributed by atoms with van der Waals surface area (Å²) in [6.07, 6.45) is 0. The number of aryl methyl sites for hydroxylation is 1. The molecule has 17 heavy (non-hydrogen) atoms. The fraction of sp³-hybridized carbons (Fsp3) is 0.600. The fourth-order valence-corrected chi connectivity index (χ4v) is 2.75. The van der Waals surface area contributed by atoms with Gasteiger partial charge in [-0.05, 0) is 26.0 Å². The highest BCUT2D eigenvalue weighted by Crippen LogP contribution is 2.13. The molecule has 1 aromatic carbocycles. The van der Waals surface area contributed by atoms with Gasteiger partial charge in [0.2, 0.25) is 0 Å². The first-order chi connectivity index (χ1) is 8.19. The Kier molecular flexibility index (Phi) is 4.19. The molecule has 0 spiro atoms. The third-order valence-corrected chi connectivity index (χ3v) is 3.74. The molecule has 0 radical (unpaired) electrons. The minimum atomic E-state index is 0.693. The van der Waals surface area contributed by atoms with E-state index in [1.165, 1.54) is 37.3 Å². The lowest BCUT2D eigenvalue weighted by molar-refractivity contribution is 0.0834. The predicted octanol–water partition coefficient (Wildman–Crippen LogP) is 2.52. The van der Waals surface area contributed by atoms with Crippen LogP contribution < -0.4 is 0 Å². The Morgan fingerprint density at radius 2 is 2.12 bits per heavy atom. The van der Waals surface area contributed by atoms with Gasteiger partial charge in [-0.1, -0.05) is 36.8 Å². The quantitative estimate of drug-likeness (QED) is 0.790. The van der Waals surface area contributed by atoms with Crippen molar-refractivity contribution < 1.29 is 0 Å². The van der Waals surface area contributed by atoms with Crippen molar-refractivity contribution in [2.45, 2.75) is 33.4 Å². The number of benzene rings is 1. The van der Waals surface area contributed by atoms with Crippen molar-refractivity contribution in [1.29, 1.82) is 0 Å². The van der Waals surface area contributed by atoms with Crippen molar-refractivity contribution in [2.75, 3.05) is 26.2 Å². The molecule has 1 aliphatic heterocycles. The zero-order valence-corrected chi connectivity index (χ0v) is 11.3. The van der Waals surface area contributed by atoms with E-state index < -0.39 is 0 Å². The highest BCUT2D eigenvalue weighted by Gasteiger charge is 2.21. The summed E-state index contributed by atoms with van der Waals surface area (Å²) in [4.78, 5) is 5.14. The van der Waals surface area contributed by atoms with Gasteiger partial charge in [0.05, 0.1) is 0 Å². The molecule has 1 fully saturated rings. The Balaban J connectivity index is 1.93. The van der Waals surface area contributed by atoms with Crippen molar-refractivity contribution in [3.8, 4) is 0 Å². The average Bonchev–Trinajstić information content (AvgIpc) is 2.29. The smallest absolute Gasteiger partial charge is 0.0235 e. The van der Waals surface area contributed by atoms with Crippen LogP contribution in [0.25, 0.3) is 0 Å². The third-order valence-electron chi connectivity index (χ3n) is 3.74. The van der Waals surface area contributed by atoms with E-state index in [9.17, 15) is 0 Å². The Hall–Kier alpha value is -0.860. The molecular weight excluding hydrogens is 208 g/mol. The van der Waals surface area contributed by atoms with Gasteiger partial charge in [0.1, 0.15) is 0 Å². The summed E-state index contributed by atoms with van der Waals surface area (Å²) in [7, 11) is 0. The lowest BCUT2D eigenvalue weighted by Gasteiger charge is -2.39. The van der Waals surface area contributed by atoms with E-state index in [1.54, 1.807) is 0 Å². The molecule has 1 atom stereocenters. The molecule has 2 rings (SSSR count). The van der Waals surface area contributed by atoms with Crippen LogP contribution in [0.2, 0.25) is 0 Å². The molecule has 2 nitrogen and oxygen atoms in total. The van der Waals surface area contributed by atoms with E-state index >= 15 is 0 Å². The minimum Gasteiger partial charge on any atom is -0.298 e. The molecule has 0 aromatic heterocycles. The number of piperazine rings is 1. The summed E-state index contributed by atoms with van der Waals surface area (Å²) < 4.78 is 0. The van der Waals surface area contributed by atoms with Crippen LogP contribution in [0.5, 0.6) is 0 Å². The zero-order chi connectivity index (χ0) is 12.3. The van der Waals surface area contributed by atoms with Crippen molar-refractivity contribution >= 4 is 0 Å². The molecule has 0 bridgehead atoms. The molecule has 1 aliphatic rings. The lowest BCUT2D eigenvalue weighted by atomic mass is 10.1. The van der Waals surface area contributed by atoms with Crippen LogP contribution in [0.1, 0.15) is 25.0 Å². The summed E-state index contributed by atoms with van der Waals surface area (Å²) >= 11 is 0. The van der Waals surface area contributed by atoms with Crippen molar-refractivity contribution in [1.82, 2.24) is 9.80 Å². The lowest BCUT2D eigenvalue weighted by Crippen LogP contribution is -2.51. The molecule has 1 unspecified atom stereocenters. The van der Waals surface area contributed by atoms with Gasteiger partial charge in [-0.3, -0.25) is 9.80 Å². The summed E-state index contributed by atoms with van der Waals surface area (Å²) in [6.45, 7) is 12.7. The number of rotatable bonds is 3. The molecule has 2 heteroatoms. The second kappa shape index (κ2) is 5.65. The van der Waals surface area contributed by atoms with Gasteiger partial charge < -0.3 is 0 Å². The number of hydrogen-bond acceptors (Lipinski definition) is 2. The van der Waals surface area contributed by atoms with Crippen LogP contribution in [-0.2, 0) is 6.54 Å². The predicted molar refractivity (Wildman–Crippen MR) is 73.2 cm³/mol. The summed E-state index contributed by atoms with van der Waals surface area (Å²) in [5, 5.41) is 0. The van der Waals surface area contributed by atoms with E-state index in [-0.39, 0.29) is 0 Å². The SMILES string of the molecule is CCN1CCN(Cc2cccc(C)c2)CC1C. The first kappa shape index (κ1) is 12.6. The second-order valence-corrected chi connectivity index (χ2v) is 5.20. The van der Waals surface area contributed by atoms with E-state index in [0.29, 0.717) is 6.04 Å². The molecule has 94 valence electrons. The molecule has 1 heterocycles. The van der Waals surface area contributed by atoms with Crippen molar-refractivity contribution in [3.05, 3.63) is 35.4 Å². The van der Waals surface area contributed by atoms with Gasteiger partial charge in [-0.25, -0.2) is 0 Å². The monoisotopic (exact) mass is 232 g/mol. The van der Waals surface area contributed by atoms with Gasteiger partial charge in [0.25, 0.3) is 0 Å². The molecule has 0 amide bonds. The van der Waals surface area contributed by atoms with Crippen LogP contribution in [0.3, 0.4) is 0 Å². The van der Waals surface area contributed by atoms with E-state index in [1.807, 2.05) is 0 Å². The van der Waals surface area contributed by atoms with Gasteiger partial charge in [0, 0.05) is 32.2 Å². The van der Waals surface area contributed by atoms with E-state index in [2.05, 4.69) is 54.8 Å². The summed E-state index contributed by atoms with van der Waals surface area (Å²) in [5.74, 6) is 0. The van der Waals surface area contributed by atoms with Gasteiger partial charge in [-0.2, -0.15) is 0 Å². The van der Waals surface area contributed by atoms with Crippen LogP contribution in [0, 0.1) is 6.92 Å². The van der Waals surface area contributed by atoms with Crippen LogP contribution in [-0.4, -0.2) is 42.0 Å². The Labute approximate surface area is 105 Å². The summed E-state index contributed by atoms with van der Waals surface area (Å²) in [5.41, 5.74) is 2.81. The number of nitrogens with zero attached hydrogens (tertiary/aromatic N) is 2. The molecule has 0 N–H and O–H groups in total. The van der Waals surface area contributed by atoms with Crippen LogP contribution in [0.4, 0.5) is 0 Å². The molecule has 0 saturated carbocycles. The third kappa shape index (κ3) is 3.30. The number of likely N-dealkylation sites (N-methyl/N-ethyl adjacent to an activating group) is 1. The first-order valence-electron chi connectivity index (χ1n) is 6.71. The van der Waals surface area contributed by atoms with Crippen molar-refractivity contribution in [3.63, 3.8) is 0 Å². The Bertz CT molecular complexity index is 362. The van der Waals surface area contributed by atoms with Crippen molar-refractivity contribution in [2.24, 2.45) is 0 Å². The van der Waals surface area contributed by atoms with E-state index in [0.717, 1.165) is 6.54 Å². The minimum absolute atomic E-state index is 0.693. The van der Waals surface area contributed by atoms with Crippen LogP contribution in [0.15, 0.2) is 24.3 Å². The largest absolute Gasteiger partial charge is 0.298 e. The summed E-state index contributed by atoms with van der Waals surface area (Å²) in [6, 6.07) is 9.57.